The van der Waals surface area contributed by atoms with Crippen molar-refractivity contribution in [1.82, 2.24) is 0 Å². The minimum atomic E-state index is -0.140. The first kappa shape index (κ1) is 23.4. The number of hydrogen-bond acceptors (Lipinski definition) is 2. The van der Waals surface area contributed by atoms with E-state index in [4.69, 9.17) is 0 Å². The Morgan fingerprint density at radius 1 is 0.875 bits per heavy atom. The van der Waals surface area contributed by atoms with Gasteiger partial charge in [0.2, 0.25) is 0 Å². The van der Waals surface area contributed by atoms with Gasteiger partial charge < -0.3 is 10.2 Å². The highest BCUT2D eigenvalue weighted by Gasteiger charge is 2.66. The first-order chi connectivity index (χ1) is 14.9. The van der Waals surface area contributed by atoms with Crippen molar-refractivity contribution in [1.29, 1.82) is 0 Å². The molecule has 0 heterocycles. The lowest BCUT2D eigenvalue weighted by Gasteiger charge is -2.70. The van der Waals surface area contributed by atoms with Crippen LogP contribution in [0.15, 0.2) is 12.2 Å². The maximum Gasteiger partial charge on any atom is 0.0594 e. The van der Waals surface area contributed by atoms with E-state index in [9.17, 15) is 10.2 Å². The summed E-state index contributed by atoms with van der Waals surface area (Å²) in [6.45, 7) is 19.7. The van der Waals surface area contributed by atoms with Gasteiger partial charge in [0, 0.05) is 12.0 Å². The van der Waals surface area contributed by atoms with Crippen molar-refractivity contribution in [2.45, 2.75) is 105 Å². The Morgan fingerprint density at radius 3 is 2.25 bits per heavy atom. The van der Waals surface area contributed by atoms with Crippen molar-refractivity contribution in [3.05, 3.63) is 12.2 Å². The molecule has 5 aliphatic carbocycles. The smallest absolute Gasteiger partial charge is 0.0594 e. The summed E-state index contributed by atoms with van der Waals surface area (Å²) in [7, 11) is 0. The van der Waals surface area contributed by atoms with Crippen LogP contribution >= 0.6 is 0 Å². The van der Waals surface area contributed by atoms with Crippen LogP contribution in [0.3, 0.4) is 0 Å². The molecule has 11 unspecified atom stereocenters. The minimum Gasteiger partial charge on any atom is -0.396 e. The molecule has 5 saturated carbocycles. The summed E-state index contributed by atoms with van der Waals surface area (Å²) in [5.74, 6) is 4.87. The Kier molecular flexibility index (Phi) is 5.36. The Balaban J connectivity index is 1.50. The van der Waals surface area contributed by atoms with E-state index in [1.54, 1.807) is 0 Å². The molecule has 0 aliphatic heterocycles. The molecule has 0 amide bonds. The van der Waals surface area contributed by atoms with Gasteiger partial charge in [0.05, 0.1) is 6.10 Å². The van der Waals surface area contributed by atoms with Crippen LogP contribution in [0.4, 0.5) is 0 Å². The quantitative estimate of drug-likeness (QED) is 0.436. The van der Waals surface area contributed by atoms with Gasteiger partial charge in [-0.15, -0.1) is 0 Å². The number of hydrogen-bond donors (Lipinski definition) is 2. The van der Waals surface area contributed by atoms with Gasteiger partial charge in [-0.1, -0.05) is 53.7 Å². The molecule has 5 aliphatic rings. The number of rotatable bonds is 1. The number of aliphatic hydroxyl groups is 2. The zero-order valence-electron chi connectivity index (χ0n) is 21.8. The summed E-state index contributed by atoms with van der Waals surface area (Å²) in [6, 6.07) is 0. The lowest BCUT2D eigenvalue weighted by Crippen LogP contribution is -2.64. The molecule has 0 bridgehead atoms. The van der Waals surface area contributed by atoms with E-state index in [-0.39, 0.29) is 16.9 Å². The van der Waals surface area contributed by atoms with Crippen LogP contribution in [0, 0.1) is 63.1 Å². The monoisotopic (exact) mass is 442 g/mol. The van der Waals surface area contributed by atoms with Gasteiger partial charge in [-0.2, -0.15) is 0 Å². The first-order valence-electron chi connectivity index (χ1n) is 13.9. The second kappa shape index (κ2) is 7.33. The molecule has 0 saturated heterocycles. The van der Waals surface area contributed by atoms with Crippen molar-refractivity contribution >= 4 is 0 Å². The standard InChI is InChI=1S/C30H50O2/c1-18-16-30(17-31)15-10-22-21(26(30)20(3)19(18)2)8-9-24-28(22,6)13-11-23-27(4,5)25(32)12-14-29(23,24)7/h19-26,31-32H,1,8-17H2,2-7H3. The SMILES string of the molecule is C=C1CC2(CO)CCC3C(CCC4C3(C)CCC3C(C)(C)C(O)CCC34C)C2C(C)C1C. The van der Waals surface area contributed by atoms with E-state index in [2.05, 4.69) is 48.1 Å². The van der Waals surface area contributed by atoms with Crippen molar-refractivity contribution in [2.75, 3.05) is 6.61 Å². The van der Waals surface area contributed by atoms with Crippen LogP contribution in [-0.4, -0.2) is 22.9 Å². The first-order valence-corrected chi connectivity index (χ1v) is 13.9. The van der Waals surface area contributed by atoms with E-state index in [0.717, 1.165) is 30.6 Å². The number of allylic oxidation sites excluding steroid dienone is 1. The molecule has 5 fully saturated rings. The predicted molar refractivity (Wildman–Crippen MR) is 132 cm³/mol. The third-order valence-electron chi connectivity index (χ3n) is 13.2. The maximum absolute atomic E-state index is 10.9. The molecule has 32 heavy (non-hydrogen) atoms. The summed E-state index contributed by atoms with van der Waals surface area (Å²) < 4.78 is 0. The second-order valence-corrected chi connectivity index (χ2v) is 14.4. The van der Waals surface area contributed by atoms with Gasteiger partial charge in [-0.3, -0.25) is 0 Å². The lowest BCUT2D eigenvalue weighted by atomic mass is 9.35. The number of fused-ring (bicyclic) bond motifs is 7. The van der Waals surface area contributed by atoms with Crippen LogP contribution in [0.2, 0.25) is 0 Å². The third kappa shape index (κ3) is 2.84. The van der Waals surface area contributed by atoms with Crippen LogP contribution in [0.25, 0.3) is 0 Å². The summed E-state index contributed by atoms with van der Waals surface area (Å²) in [5, 5.41) is 21.6. The topological polar surface area (TPSA) is 40.5 Å². The van der Waals surface area contributed by atoms with Gasteiger partial charge in [0.25, 0.3) is 0 Å². The molecular formula is C30H50O2. The summed E-state index contributed by atoms with van der Waals surface area (Å²) in [5.41, 5.74) is 2.30. The average Bonchev–Trinajstić information content (AvgIpc) is 2.74. The fraction of sp³-hybridized carbons (Fsp3) is 0.933. The van der Waals surface area contributed by atoms with Crippen molar-refractivity contribution in [2.24, 2.45) is 63.1 Å². The average molecular weight is 443 g/mol. The molecule has 11 atom stereocenters. The van der Waals surface area contributed by atoms with Crippen LogP contribution in [-0.2, 0) is 0 Å². The maximum atomic E-state index is 10.9. The van der Waals surface area contributed by atoms with E-state index in [0.29, 0.717) is 41.1 Å². The van der Waals surface area contributed by atoms with Gasteiger partial charge in [-0.05, 0) is 115 Å². The molecule has 2 nitrogen and oxygen atoms in total. The molecule has 0 spiro atoms. The summed E-state index contributed by atoms with van der Waals surface area (Å²) >= 11 is 0. The molecule has 0 aromatic heterocycles. The van der Waals surface area contributed by atoms with Crippen molar-refractivity contribution in [3.8, 4) is 0 Å². The Bertz CT molecular complexity index is 771. The van der Waals surface area contributed by atoms with Gasteiger partial charge in [-0.25, -0.2) is 0 Å². The highest BCUT2D eigenvalue weighted by molar-refractivity contribution is 5.19. The molecular weight excluding hydrogens is 392 g/mol. The van der Waals surface area contributed by atoms with Crippen molar-refractivity contribution in [3.63, 3.8) is 0 Å². The highest BCUT2D eigenvalue weighted by atomic mass is 16.3. The zero-order valence-corrected chi connectivity index (χ0v) is 21.8. The van der Waals surface area contributed by atoms with E-state index in [1.165, 1.54) is 50.5 Å². The van der Waals surface area contributed by atoms with Crippen LogP contribution < -0.4 is 0 Å². The fourth-order valence-corrected chi connectivity index (χ4v) is 11.5. The summed E-state index contributed by atoms with van der Waals surface area (Å²) in [6.07, 6.45) is 10.9. The largest absolute Gasteiger partial charge is 0.396 e. The zero-order chi connectivity index (χ0) is 23.3. The normalized spacial score (nSPS) is 57.1. The van der Waals surface area contributed by atoms with Gasteiger partial charge >= 0.3 is 0 Å². The summed E-state index contributed by atoms with van der Waals surface area (Å²) in [4.78, 5) is 0. The van der Waals surface area contributed by atoms with Gasteiger partial charge in [0.1, 0.15) is 0 Å². The molecule has 182 valence electrons. The highest BCUT2D eigenvalue weighted by Crippen LogP contribution is 2.73. The fourth-order valence-electron chi connectivity index (χ4n) is 11.5. The van der Waals surface area contributed by atoms with E-state index in [1.807, 2.05) is 0 Å². The Hall–Kier alpha value is -0.340. The second-order valence-electron chi connectivity index (χ2n) is 14.4. The molecule has 0 aromatic carbocycles. The van der Waals surface area contributed by atoms with Crippen molar-refractivity contribution < 1.29 is 10.2 Å². The Labute approximate surface area is 197 Å². The molecule has 0 radical (unpaired) electrons. The lowest BCUT2D eigenvalue weighted by molar-refractivity contribution is -0.225. The Morgan fingerprint density at radius 2 is 1.56 bits per heavy atom. The van der Waals surface area contributed by atoms with E-state index >= 15 is 0 Å². The molecule has 2 heteroatoms. The molecule has 5 rings (SSSR count). The predicted octanol–water partition coefficient (Wildman–Crippen LogP) is 6.85. The van der Waals surface area contributed by atoms with Crippen LogP contribution in [0.5, 0.6) is 0 Å². The van der Waals surface area contributed by atoms with Gasteiger partial charge in [0.15, 0.2) is 0 Å². The minimum absolute atomic E-state index is 0.0392. The third-order valence-corrected chi connectivity index (χ3v) is 13.2. The van der Waals surface area contributed by atoms with Crippen LogP contribution in [0.1, 0.15) is 99.3 Å². The van der Waals surface area contributed by atoms with E-state index < -0.39 is 0 Å². The number of aliphatic hydroxyl groups excluding tert-OH is 2. The molecule has 0 aromatic rings. The molecule has 2 N–H and O–H groups in total.